The SMILES string of the molecule is C=C/C=C(\C=C)C(C)(N)CCC(C)(C)C. The van der Waals surface area contributed by atoms with E-state index in [4.69, 9.17) is 5.73 Å². The highest BCUT2D eigenvalue weighted by Gasteiger charge is 2.24. The minimum atomic E-state index is -0.302. The van der Waals surface area contributed by atoms with Gasteiger partial charge < -0.3 is 5.73 Å². The largest absolute Gasteiger partial charge is 0.322 e. The van der Waals surface area contributed by atoms with E-state index in [1.54, 1.807) is 6.08 Å². The molecule has 0 heterocycles. The monoisotopic (exact) mass is 207 g/mol. The third-order valence-corrected chi connectivity index (χ3v) is 2.57. The van der Waals surface area contributed by atoms with Crippen molar-refractivity contribution >= 4 is 0 Å². The summed E-state index contributed by atoms with van der Waals surface area (Å²) in [4.78, 5) is 0. The minimum absolute atomic E-state index is 0.302. The number of hydrogen-bond donors (Lipinski definition) is 1. The lowest BCUT2D eigenvalue weighted by molar-refractivity contribution is 0.326. The average Bonchev–Trinajstić information content (AvgIpc) is 2.10. The number of rotatable bonds is 5. The molecule has 0 radical (unpaired) electrons. The fourth-order valence-electron chi connectivity index (χ4n) is 1.40. The summed E-state index contributed by atoms with van der Waals surface area (Å²) >= 11 is 0. The Bertz CT molecular complexity index is 251. The summed E-state index contributed by atoms with van der Waals surface area (Å²) < 4.78 is 0. The van der Waals surface area contributed by atoms with Crippen molar-refractivity contribution in [3.05, 3.63) is 37.0 Å². The van der Waals surface area contributed by atoms with E-state index in [1.807, 2.05) is 12.2 Å². The van der Waals surface area contributed by atoms with Crippen molar-refractivity contribution < 1.29 is 0 Å². The molecular weight excluding hydrogens is 182 g/mol. The van der Waals surface area contributed by atoms with Gasteiger partial charge in [0.15, 0.2) is 0 Å². The Morgan fingerprint density at radius 3 is 2.00 bits per heavy atom. The molecule has 0 rings (SSSR count). The van der Waals surface area contributed by atoms with Crippen LogP contribution in [0, 0.1) is 5.41 Å². The molecule has 1 nitrogen and oxygen atoms in total. The first kappa shape index (κ1) is 14.2. The maximum Gasteiger partial charge on any atom is 0.0381 e. The van der Waals surface area contributed by atoms with Crippen molar-refractivity contribution in [3.8, 4) is 0 Å². The zero-order valence-corrected chi connectivity index (χ0v) is 10.6. The van der Waals surface area contributed by atoms with E-state index in [0.717, 1.165) is 18.4 Å². The van der Waals surface area contributed by atoms with Crippen LogP contribution in [0.15, 0.2) is 37.0 Å². The molecule has 0 fully saturated rings. The van der Waals surface area contributed by atoms with Crippen LogP contribution in [0.5, 0.6) is 0 Å². The standard InChI is InChI=1S/C14H25N/c1-7-9-12(8-2)14(6,15)11-10-13(3,4)5/h7-9H,1-2,10-11,15H2,3-6H3/b12-9+. The van der Waals surface area contributed by atoms with E-state index in [2.05, 4.69) is 40.9 Å². The smallest absolute Gasteiger partial charge is 0.0381 e. The van der Waals surface area contributed by atoms with Gasteiger partial charge in [-0.3, -0.25) is 0 Å². The van der Waals surface area contributed by atoms with Gasteiger partial charge in [-0.25, -0.2) is 0 Å². The molecule has 2 N–H and O–H groups in total. The van der Waals surface area contributed by atoms with Crippen LogP contribution in [-0.4, -0.2) is 5.54 Å². The quantitative estimate of drug-likeness (QED) is 0.681. The molecule has 0 aliphatic rings. The van der Waals surface area contributed by atoms with Crippen molar-refractivity contribution in [2.45, 2.75) is 46.1 Å². The number of allylic oxidation sites excluding steroid dienone is 2. The van der Waals surface area contributed by atoms with Gasteiger partial charge in [0, 0.05) is 5.54 Å². The highest BCUT2D eigenvalue weighted by molar-refractivity contribution is 5.31. The second-order valence-electron chi connectivity index (χ2n) is 5.54. The van der Waals surface area contributed by atoms with E-state index in [1.165, 1.54) is 0 Å². The molecule has 1 heteroatoms. The first-order chi connectivity index (χ1) is 6.73. The summed E-state index contributed by atoms with van der Waals surface area (Å²) in [5.41, 5.74) is 7.35. The highest BCUT2D eigenvalue weighted by atomic mass is 14.7. The van der Waals surface area contributed by atoms with Crippen molar-refractivity contribution in [3.63, 3.8) is 0 Å². The summed E-state index contributed by atoms with van der Waals surface area (Å²) in [5.74, 6) is 0. The van der Waals surface area contributed by atoms with Gasteiger partial charge in [0.1, 0.15) is 0 Å². The molecule has 0 aromatic rings. The van der Waals surface area contributed by atoms with E-state index in [-0.39, 0.29) is 5.54 Å². The van der Waals surface area contributed by atoms with E-state index in [9.17, 15) is 0 Å². The summed E-state index contributed by atoms with van der Waals surface area (Å²) in [6, 6.07) is 0. The zero-order chi connectivity index (χ0) is 12.1. The molecule has 0 saturated heterocycles. The molecule has 0 spiro atoms. The first-order valence-corrected chi connectivity index (χ1v) is 5.47. The molecule has 0 amide bonds. The van der Waals surface area contributed by atoms with Crippen LogP contribution in [0.1, 0.15) is 40.5 Å². The Balaban J connectivity index is 4.59. The Morgan fingerprint density at radius 1 is 1.13 bits per heavy atom. The lowest BCUT2D eigenvalue weighted by Crippen LogP contribution is -2.38. The number of hydrogen-bond acceptors (Lipinski definition) is 1. The Kier molecular flexibility index (Phi) is 5.02. The fourth-order valence-corrected chi connectivity index (χ4v) is 1.40. The van der Waals surface area contributed by atoms with E-state index < -0.39 is 0 Å². The maximum absolute atomic E-state index is 6.28. The van der Waals surface area contributed by atoms with E-state index >= 15 is 0 Å². The molecule has 0 aliphatic carbocycles. The topological polar surface area (TPSA) is 26.0 Å². The molecule has 0 saturated carbocycles. The second kappa shape index (κ2) is 5.32. The molecule has 86 valence electrons. The summed E-state index contributed by atoms with van der Waals surface area (Å²) in [7, 11) is 0. The second-order valence-corrected chi connectivity index (χ2v) is 5.54. The van der Waals surface area contributed by atoms with Gasteiger partial charge >= 0.3 is 0 Å². The third-order valence-electron chi connectivity index (χ3n) is 2.57. The molecule has 15 heavy (non-hydrogen) atoms. The predicted octanol–water partition coefficient (Wildman–Crippen LogP) is 3.83. The summed E-state index contributed by atoms with van der Waals surface area (Å²) in [6.07, 6.45) is 7.59. The van der Waals surface area contributed by atoms with Crippen LogP contribution < -0.4 is 5.73 Å². The molecule has 0 aromatic carbocycles. The van der Waals surface area contributed by atoms with Crippen molar-refractivity contribution in [1.82, 2.24) is 0 Å². The zero-order valence-electron chi connectivity index (χ0n) is 10.6. The van der Waals surface area contributed by atoms with Crippen LogP contribution in [0.4, 0.5) is 0 Å². The lowest BCUT2D eigenvalue weighted by atomic mass is 9.80. The summed E-state index contributed by atoms with van der Waals surface area (Å²) in [5, 5.41) is 0. The highest BCUT2D eigenvalue weighted by Crippen LogP contribution is 2.28. The van der Waals surface area contributed by atoms with Crippen LogP contribution in [0.2, 0.25) is 0 Å². The van der Waals surface area contributed by atoms with Gasteiger partial charge in [-0.2, -0.15) is 0 Å². The average molecular weight is 207 g/mol. The Labute approximate surface area is 94.8 Å². The van der Waals surface area contributed by atoms with Crippen LogP contribution in [0.25, 0.3) is 0 Å². The van der Waals surface area contributed by atoms with Gasteiger partial charge in [-0.05, 0) is 30.8 Å². The van der Waals surface area contributed by atoms with Gasteiger partial charge in [0.2, 0.25) is 0 Å². The van der Waals surface area contributed by atoms with Crippen molar-refractivity contribution in [1.29, 1.82) is 0 Å². The van der Waals surface area contributed by atoms with Gasteiger partial charge in [-0.15, -0.1) is 0 Å². The van der Waals surface area contributed by atoms with Crippen molar-refractivity contribution in [2.24, 2.45) is 11.1 Å². The van der Waals surface area contributed by atoms with Gasteiger partial charge in [-0.1, -0.05) is 52.2 Å². The normalized spacial score (nSPS) is 17.0. The predicted molar refractivity (Wildman–Crippen MR) is 69.8 cm³/mol. The molecule has 0 aliphatic heterocycles. The molecule has 0 bridgehead atoms. The number of nitrogens with two attached hydrogens (primary N) is 1. The lowest BCUT2D eigenvalue weighted by Gasteiger charge is -2.30. The molecule has 1 unspecified atom stereocenters. The summed E-state index contributed by atoms with van der Waals surface area (Å²) in [6.45, 7) is 16.2. The van der Waals surface area contributed by atoms with Gasteiger partial charge in [0.05, 0.1) is 0 Å². The van der Waals surface area contributed by atoms with Crippen LogP contribution in [-0.2, 0) is 0 Å². The fraction of sp³-hybridized carbons (Fsp3) is 0.571. The molecular formula is C14H25N. The van der Waals surface area contributed by atoms with Crippen molar-refractivity contribution in [2.75, 3.05) is 0 Å². The van der Waals surface area contributed by atoms with Gasteiger partial charge in [0.25, 0.3) is 0 Å². The van der Waals surface area contributed by atoms with E-state index in [0.29, 0.717) is 5.41 Å². The Hall–Kier alpha value is -0.820. The van der Waals surface area contributed by atoms with Crippen LogP contribution >= 0.6 is 0 Å². The third kappa shape index (κ3) is 5.58. The molecule has 1 atom stereocenters. The van der Waals surface area contributed by atoms with Crippen LogP contribution in [0.3, 0.4) is 0 Å². The molecule has 0 aromatic heterocycles. The maximum atomic E-state index is 6.28. The first-order valence-electron chi connectivity index (χ1n) is 5.47. The Morgan fingerprint density at radius 2 is 1.67 bits per heavy atom. The minimum Gasteiger partial charge on any atom is -0.322 e.